The number of carbonyl (C=O) groups excluding carboxylic acids is 2. The molecule has 5 rings (SSSR count). The summed E-state index contributed by atoms with van der Waals surface area (Å²) in [6, 6.07) is 17.4. The van der Waals surface area contributed by atoms with Gasteiger partial charge in [0.25, 0.3) is 0 Å². The van der Waals surface area contributed by atoms with E-state index in [0.29, 0.717) is 23.7 Å². The molecule has 0 radical (unpaired) electrons. The zero-order valence-electron chi connectivity index (χ0n) is 15.4. The zero-order chi connectivity index (χ0) is 18.6. The molecule has 1 amide bonds. The van der Waals surface area contributed by atoms with E-state index in [1.807, 2.05) is 61.5 Å². The first-order valence-corrected chi connectivity index (χ1v) is 9.76. The molecule has 4 nitrogen and oxygen atoms in total. The number of carbonyl (C=O) groups is 2. The van der Waals surface area contributed by atoms with Crippen LogP contribution in [0.2, 0.25) is 0 Å². The number of benzene rings is 2. The van der Waals surface area contributed by atoms with E-state index in [4.69, 9.17) is 4.74 Å². The lowest BCUT2D eigenvalue weighted by atomic mass is 9.84. The molecule has 2 aromatic carbocycles. The largest absolute Gasteiger partial charge is 0.486 e. The average molecular weight is 361 g/mol. The first-order chi connectivity index (χ1) is 13.1. The summed E-state index contributed by atoms with van der Waals surface area (Å²) < 4.78 is 6.37. The Kier molecular flexibility index (Phi) is 3.64. The highest BCUT2D eigenvalue weighted by Gasteiger charge is 2.70. The minimum atomic E-state index is -0.492. The van der Waals surface area contributed by atoms with Crippen molar-refractivity contribution < 1.29 is 14.3 Å². The second-order valence-corrected chi connectivity index (χ2v) is 8.16. The van der Waals surface area contributed by atoms with Gasteiger partial charge in [-0.2, -0.15) is 0 Å². The highest BCUT2D eigenvalue weighted by Crippen LogP contribution is 2.65. The average Bonchev–Trinajstić information content (AvgIpc) is 3.34. The Bertz CT molecular complexity index is 909. The van der Waals surface area contributed by atoms with Crippen molar-refractivity contribution in [2.24, 2.45) is 17.8 Å². The van der Waals surface area contributed by atoms with E-state index in [2.05, 4.69) is 5.32 Å². The number of ether oxygens (including phenoxy) is 1. The molecule has 2 aromatic rings. The summed E-state index contributed by atoms with van der Waals surface area (Å²) in [5, 5.41) is 3.16. The summed E-state index contributed by atoms with van der Waals surface area (Å²) in [7, 11) is 0. The lowest BCUT2D eigenvalue weighted by molar-refractivity contribution is -0.124. The van der Waals surface area contributed by atoms with Gasteiger partial charge in [0, 0.05) is 11.8 Å². The first-order valence-electron chi connectivity index (χ1n) is 9.76. The molecule has 2 fully saturated rings. The van der Waals surface area contributed by atoms with Crippen LogP contribution in [0.3, 0.4) is 0 Å². The second-order valence-electron chi connectivity index (χ2n) is 8.16. The summed E-state index contributed by atoms with van der Waals surface area (Å²) in [4.78, 5) is 25.6. The third kappa shape index (κ3) is 2.58. The molecule has 5 atom stereocenters. The summed E-state index contributed by atoms with van der Waals surface area (Å²) >= 11 is 0. The van der Waals surface area contributed by atoms with Gasteiger partial charge in [-0.05, 0) is 43.4 Å². The molecule has 0 saturated heterocycles. The second kappa shape index (κ2) is 5.95. The first kappa shape index (κ1) is 16.5. The molecule has 1 N–H and O–H groups in total. The Morgan fingerprint density at radius 1 is 1.15 bits per heavy atom. The van der Waals surface area contributed by atoms with Crippen molar-refractivity contribution in [3.8, 4) is 5.75 Å². The van der Waals surface area contributed by atoms with Crippen LogP contribution in [0.15, 0.2) is 54.6 Å². The van der Waals surface area contributed by atoms with Gasteiger partial charge in [-0.25, -0.2) is 0 Å². The van der Waals surface area contributed by atoms with Gasteiger partial charge in [0.2, 0.25) is 5.91 Å². The van der Waals surface area contributed by atoms with Gasteiger partial charge in [-0.1, -0.05) is 42.5 Å². The topological polar surface area (TPSA) is 55.4 Å². The molecule has 0 aromatic heterocycles. The van der Waals surface area contributed by atoms with E-state index in [1.54, 1.807) is 0 Å². The molecule has 3 aliphatic rings. The summed E-state index contributed by atoms with van der Waals surface area (Å²) in [5.41, 5.74) is 1.28. The van der Waals surface area contributed by atoms with E-state index in [0.717, 1.165) is 18.4 Å². The van der Waals surface area contributed by atoms with Crippen molar-refractivity contribution in [2.75, 3.05) is 0 Å². The third-order valence-electron chi connectivity index (χ3n) is 6.60. The van der Waals surface area contributed by atoms with Crippen LogP contribution in [0, 0.1) is 17.8 Å². The van der Waals surface area contributed by atoms with E-state index >= 15 is 0 Å². The summed E-state index contributed by atoms with van der Waals surface area (Å²) in [6.07, 6.45) is 2.21. The standard InChI is InChI=1S/C23H23NO3/c1-14(15-7-3-2-4-8-15)24-22(26)20-17-11-12-23(21(17)20)13-18(25)16-9-5-6-10-19(16)27-23/h2-10,14,17,20-21H,11-13H2,1H3,(H,24,26). The molecule has 1 heterocycles. The maximum absolute atomic E-state index is 12.9. The summed E-state index contributed by atoms with van der Waals surface area (Å²) in [6.45, 7) is 2.01. The predicted octanol–water partition coefficient (Wildman–Crippen LogP) is 3.92. The molecule has 0 bridgehead atoms. The van der Waals surface area contributed by atoms with Crippen LogP contribution in [0.25, 0.3) is 0 Å². The maximum Gasteiger partial charge on any atom is 0.224 e. The van der Waals surface area contributed by atoms with Gasteiger partial charge in [0.05, 0.1) is 18.0 Å². The van der Waals surface area contributed by atoms with Crippen LogP contribution >= 0.6 is 0 Å². The fraction of sp³-hybridized carbons (Fsp3) is 0.391. The smallest absolute Gasteiger partial charge is 0.224 e. The van der Waals surface area contributed by atoms with Crippen molar-refractivity contribution in [3.05, 3.63) is 65.7 Å². The van der Waals surface area contributed by atoms with Crippen molar-refractivity contribution >= 4 is 11.7 Å². The number of rotatable bonds is 3. The molecule has 2 saturated carbocycles. The Morgan fingerprint density at radius 2 is 1.89 bits per heavy atom. The van der Waals surface area contributed by atoms with E-state index in [1.165, 1.54) is 0 Å². The summed E-state index contributed by atoms with van der Waals surface area (Å²) in [5.74, 6) is 1.36. The number of para-hydroxylation sites is 1. The Hall–Kier alpha value is -2.62. The minimum absolute atomic E-state index is 0.0226. The Morgan fingerprint density at radius 3 is 2.70 bits per heavy atom. The van der Waals surface area contributed by atoms with Crippen LogP contribution in [0.5, 0.6) is 5.75 Å². The van der Waals surface area contributed by atoms with Gasteiger partial charge in [-0.3, -0.25) is 9.59 Å². The third-order valence-corrected chi connectivity index (χ3v) is 6.60. The van der Waals surface area contributed by atoms with Gasteiger partial charge in [-0.15, -0.1) is 0 Å². The molecule has 1 aliphatic heterocycles. The highest BCUT2D eigenvalue weighted by atomic mass is 16.5. The van der Waals surface area contributed by atoms with Crippen LogP contribution in [0.4, 0.5) is 0 Å². The molecule has 4 heteroatoms. The lowest BCUT2D eigenvalue weighted by Crippen LogP contribution is -2.44. The predicted molar refractivity (Wildman–Crippen MR) is 101 cm³/mol. The number of hydrogen-bond acceptors (Lipinski definition) is 3. The fourth-order valence-electron chi connectivity index (χ4n) is 5.25. The normalized spacial score (nSPS) is 31.6. The number of Topliss-reactive ketones (excluding diaryl/α,β-unsaturated/α-hetero) is 1. The van der Waals surface area contributed by atoms with Crippen LogP contribution in [-0.2, 0) is 4.79 Å². The Labute approximate surface area is 158 Å². The molecular weight excluding hydrogens is 338 g/mol. The van der Waals surface area contributed by atoms with Crippen molar-refractivity contribution in [1.29, 1.82) is 0 Å². The Balaban J connectivity index is 1.33. The maximum atomic E-state index is 12.9. The van der Waals surface area contributed by atoms with Gasteiger partial charge in [0.1, 0.15) is 11.4 Å². The van der Waals surface area contributed by atoms with E-state index < -0.39 is 5.60 Å². The number of amides is 1. The SMILES string of the molecule is CC(NC(=O)C1C2CCC3(CC(=O)c4ccccc4O3)C21)c1ccccc1. The van der Waals surface area contributed by atoms with Crippen LogP contribution in [0.1, 0.15) is 48.1 Å². The fourth-order valence-corrected chi connectivity index (χ4v) is 5.25. The zero-order valence-corrected chi connectivity index (χ0v) is 15.4. The van der Waals surface area contributed by atoms with E-state index in [-0.39, 0.29) is 29.6 Å². The van der Waals surface area contributed by atoms with Crippen LogP contribution < -0.4 is 10.1 Å². The van der Waals surface area contributed by atoms with Crippen molar-refractivity contribution in [1.82, 2.24) is 5.32 Å². The van der Waals surface area contributed by atoms with E-state index in [9.17, 15) is 9.59 Å². The number of nitrogens with one attached hydrogen (secondary N) is 1. The van der Waals surface area contributed by atoms with Crippen molar-refractivity contribution in [2.45, 2.75) is 37.8 Å². The van der Waals surface area contributed by atoms with Gasteiger partial charge in [0.15, 0.2) is 5.78 Å². The van der Waals surface area contributed by atoms with Gasteiger partial charge < -0.3 is 10.1 Å². The quantitative estimate of drug-likeness (QED) is 0.901. The molecule has 27 heavy (non-hydrogen) atoms. The number of ketones is 1. The molecular formula is C23H23NO3. The number of hydrogen-bond donors (Lipinski definition) is 1. The number of fused-ring (bicyclic) bond motifs is 3. The highest BCUT2D eigenvalue weighted by molar-refractivity contribution is 6.00. The molecule has 1 spiro atoms. The minimum Gasteiger partial charge on any atom is -0.486 e. The van der Waals surface area contributed by atoms with Gasteiger partial charge >= 0.3 is 0 Å². The molecule has 2 aliphatic carbocycles. The van der Waals surface area contributed by atoms with Crippen molar-refractivity contribution in [3.63, 3.8) is 0 Å². The van der Waals surface area contributed by atoms with Crippen LogP contribution in [-0.4, -0.2) is 17.3 Å². The monoisotopic (exact) mass is 361 g/mol. The lowest BCUT2D eigenvalue weighted by Gasteiger charge is -2.37. The molecule has 5 unspecified atom stereocenters. The molecule has 138 valence electrons.